The number of hydrogen-bond acceptors (Lipinski definition) is 2. The van der Waals surface area contributed by atoms with E-state index >= 15 is 0 Å². The molecule has 0 aromatic carbocycles. The summed E-state index contributed by atoms with van der Waals surface area (Å²) < 4.78 is 0. The lowest BCUT2D eigenvalue weighted by Crippen LogP contribution is -2.38. The van der Waals surface area contributed by atoms with Crippen molar-refractivity contribution < 1.29 is 0 Å². The summed E-state index contributed by atoms with van der Waals surface area (Å²) in [5.41, 5.74) is 0.579. The molecule has 0 spiro atoms. The standard InChI is InChI=1S/C12H22N2/c1-12(2)7-5-10(6-8-12)14-11-4-3-9-13-11/h10H,3-9H2,1-2H3,(H,13,14). The second-order valence-electron chi connectivity index (χ2n) is 5.51. The van der Waals surface area contributed by atoms with Crippen molar-refractivity contribution >= 4 is 5.84 Å². The van der Waals surface area contributed by atoms with Crippen molar-refractivity contribution in [3.8, 4) is 0 Å². The molecule has 1 aliphatic carbocycles. The van der Waals surface area contributed by atoms with Gasteiger partial charge in [0, 0.05) is 19.0 Å². The summed E-state index contributed by atoms with van der Waals surface area (Å²) in [6.07, 6.45) is 7.80. The number of nitrogens with zero attached hydrogens (tertiary/aromatic N) is 1. The highest BCUT2D eigenvalue weighted by Crippen LogP contribution is 2.35. The van der Waals surface area contributed by atoms with Crippen LogP contribution in [0.4, 0.5) is 0 Å². The lowest BCUT2D eigenvalue weighted by atomic mass is 9.75. The molecule has 1 saturated carbocycles. The molecule has 0 unspecified atom stereocenters. The van der Waals surface area contributed by atoms with Crippen LogP contribution in [-0.2, 0) is 0 Å². The zero-order chi connectivity index (χ0) is 10.0. The molecule has 0 bridgehead atoms. The van der Waals surface area contributed by atoms with Crippen LogP contribution in [0.2, 0.25) is 0 Å². The van der Waals surface area contributed by atoms with Crippen molar-refractivity contribution in [1.82, 2.24) is 5.32 Å². The molecule has 0 radical (unpaired) electrons. The van der Waals surface area contributed by atoms with Crippen molar-refractivity contribution in [3.63, 3.8) is 0 Å². The van der Waals surface area contributed by atoms with Crippen LogP contribution in [0.15, 0.2) is 4.99 Å². The molecule has 1 aliphatic heterocycles. The van der Waals surface area contributed by atoms with Gasteiger partial charge in [0.1, 0.15) is 0 Å². The van der Waals surface area contributed by atoms with E-state index in [1.54, 1.807) is 0 Å². The Balaban J connectivity index is 1.78. The summed E-state index contributed by atoms with van der Waals surface area (Å²) in [6.45, 7) is 5.81. The van der Waals surface area contributed by atoms with Crippen molar-refractivity contribution in [2.75, 3.05) is 6.54 Å². The van der Waals surface area contributed by atoms with Crippen LogP contribution in [0.1, 0.15) is 52.4 Å². The molecule has 1 N–H and O–H groups in total. The van der Waals surface area contributed by atoms with Crippen LogP contribution in [0.25, 0.3) is 0 Å². The first-order valence-corrected chi connectivity index (χ1v) is 5.96. The Morgan fingerprint density at radius 2 is 2.00 bits per heavy atom. The van der Waals surface area contributed by atoms with E-state index < -0.39 is 0 Å². The fourth-order valence-electron chi connectivity index (χ4n) is 2.44. The lowest BCUT2D eigenvalue weighted by molar-refractivity contribution is 0.217. The average molecular weight is 194 g/mol. The molecule has 0 amide bonds. The highest BCUT2D eigenvalue weighted by Gasteiger charge is 2.27. The van der Waals surface area contributed by atoms with Gasteiger partial charge in [0.05, 0.1) is 5.84 Å². The van der Waals surface area contributed by atoms with Crippen LogP contribution >= 0.6 is 0 Å². The number of hydrogen-bond donors (Lipinski definition) is 1. The number of rotatable bonds is 1. The van der Waals surface area contributed by atoms with Gasteiger partial charge in [-0.05, 0) is 37.5 Å². The Morgan fingerprint density at radius 1 is 1.29 bits per heavy atom. The third-order valence-electron chi connectivity index (χ3n) is 3.58. The molecule has 14 heavy (non-hydrogen) atoms. The SMILES string of the molecule is CC1(C)CCC(NC2=NCCC2)CC1. The third kappa shape index (κ3) is 2.49. The van der Waals surface area contributed by atoms with E-state index in [9.17, 15) is 0 Å². The van der Waals surface area contributed by atoms with E-state index in [4.69, 9.17) is 0 Å². The summed E-state index contributed by atoms with van der Waals surface area (Å²) >= 11 is 0. The van der Waals surface area contributed by atoms with Gasteiger partial charge in [-0.15, -0.1) is 0 Å². The zero-order valence-electron chi connectivity index (χ0n) is 9.47. The van der Waals surface area contributed by atoms with Gasteiger partial charge in [-0.3, -0.25) is 4.99 Å². The van der Waals surface area contributed by atoms with E-state index in [1.807, 2.05) is 0 Å². The largest absolute Gasteiger partial charge is 0.371 e. The van der Waals surface area contributed by atoms with Crippen molar-refractivity contribution in [2.45, 2.75) is 58.4 Å². The van der Waals surface area contributed by atoms with Crippen LogP contribution in [0.5, 0.6) is 0 Å². The van der Waals surface area contributed by atoms with Gasteiger partial charge in [-0.2, -0.15) is 0 Å². The molecular formula is C12H22N2. The molecule has 2 nitrogen and oxygen atoms in total. The molecular weight excluding hydrogens is 172 g/mol. The molecule has 2 rings (SSSR count). The van der Waals surface area contributed by atoms with Crippen molar-refractivity contribution in [2.24, 2.45) is 10.4 Å². The second kappa shape index (κ2) is 3.92. The van der Waals surface area contributed by atoms with E-state index in [2.05, 4.69) is 24.2 Å². The van der Waals surface area contributed by atoms with Crippen LogP contribution < -0.4 is 5.32 Å². The Bertz CT molecular complexity index is 220. The zero-order valence-corrected chi connectivity index (χ0v) is 9.47. The fraction of sp³-hybridized carbons (Fsp3) is 0.917. The fourth-order valence-corrected chi connectivity index (χ4v) is 2.44. The van der Waals surface area contributed by atoms with Gasteiger partial charge in [-0.25, -0.2) is 0 Å². The smallest absolute Gasteiger partial charge is 0.0965 e. The number of nitrogens with one attached hydrogen (secondary N) is 1. The van der Waals surface area contributed by atoms with E-state index in [0.29, 0.717) is 11.5 Å². The van der Waals surface area contributed by atoms with Gasteiger partial charge < -0.3 is 5.32 Å². The number of amidine groups is 1. The van der Waals surface area contributed by atoms with Gasteiger partial charge in [0.25, 0.3) is 0 Å². The summed E-state index contributed by atoms with van der Waals surface area (Å²) in [7, 11) is 0. The summed E-state index contributed by atoms with van der Waals surface area (Å²) in [6, 6.07) is 0.708. The minimum atomic E-state index is 0.579. The lowest BCUT2D eigenvalue weighted by Gasteiger charge is -2.35. The van der Waals surface area contributed by atoms with Crippen LogP contribution in [0, 0.1) is 5.41 Å². The van der Waals surface area contributed by atoms with Gasteiger partial charge in [0.15, 0.2) is 0 Å². The first kappa shape index (κ1) is 10.0. The first-order chi connectivity index (χ1) is 6.66. The Hall–Kier alpha value is -0.530. The first-order valence-electron chi connectivity index (χ1n) is 5.96. The monoisotopic (exact) mass is 194 g/mol. The molecule has 0 saturated heterocycles. The maximum atomic E-state index is 4.47. The molecule has 0 aromatic heterocycles. The summed E-state index contributed by atoms with van der Waals surface area (Å²) in [5.74, 6) is 1.27. The minimum absolute atomic E-state index is 0.579. The molecule has 80 valence electrons. The predicted octanol–water partition coefficient (Wildman–Crippen LogP) is 2.74. The van der Waals surface area contributed by atoms with Crippen LogP contribution in [0.3, 0.4) is 0 Å². The topological polar surface area (TPSA) is 24.4 Å². The Morgan fingerprint density at radius 3 is 2.57 bits per heavy atom. The van der Waals surface area contributed by atoms with E-state index in [-0.39, 0.29) is 0 Å². The second-order valence-corrected chi connectivity index (χ2v) is 5.51. The van der Waals surface area contributed by atoms with Crippen LogP contribution in [-0.4, -0.2) is 18.4 Å². The molecule has 0 aromatic rings. The normalized spacial score (nSPS) is 27.4. The van der Waals surface area contributed by atoms with Crippen molar-refractivity contribution in [3.05, 3.63) is 0 Å². The molecule has 0 atom stereocenters. The average Bonchev–Trinajstić information content (AvgIpc) is 2.61. The van der Waals surface area contributed by atoms with Gasteiger partial charge in [0.2, 0.25) is 0 Å². The molecule has 1 heterocycles. The molecule has 2 aliphatic rings. The highest BCUT2D eigenvalue weighted by atomic mass is 15.0. The third-order valence-corrected chi connectivity index (χ3v) is 3.58. The van der Waals surface area contributed by atoms with Crippen molar-refractivity contribution in [1.29, 1.82) is 0 Å². The van der Waals surface area contributed by atoms with Gasteiger partial charge in [-0.1, -0.05) is 13.8 Å². The van der Waals surface area contributed by atoms with E-state index in [1.165, 1.54) is 44.4 Å². The molecule has 1 fully saturated rings. The molecule has 2 heteroatoms. The number of aliphatic imine (C=N–C) groups is 1. The minimum Gasteiger partial charge on any atom is -0.371 e. The Labute approximate surface area is 87.2 Å². The van der Waals surface area contributed by atoms with E-state index in [0.717, 1.165) is 6.54 Å². The maximum absolute atomic E-state index is 4.47. The van der Waals surface area contributed by atoms with Gasteiger partial charge >= 0.3 is 0 Å². The quantitative estimate of drug-likeness (QED) is 0.682. The maximum Gasteiger partial charge on any atom is 0.0965 e. The predicted molar refractivity (Wildman–Crippen MR) is 60.7 cm³/mol. The summed E-state index contributed by atoms with van der Waals surface area (Å²) in [5, 5.41) is 3.61. The summed E-state index contributed by atoms with van der Waals surface area (Å²) in [4.78, 5) is 4.47. The Kier molecular flexibility index (Phi) is 2.80. The highest BCUT2D eigenvalue weighted by molar-refractivity contribution is 5.83.